The lowest BCUT2D eigenvalue weighted by Gasteiger charge is -2.18. The fourth-order valence-electron chi connectivity index (χ4n) is 3.03. The van der Waals surface area contributed by atoms with Crippen LogP contribution in [0, 0.1) is 0 Å². The molecule has 0 bridgehead atoms. The third-order valence-electron chi connectivity index (χ3n) is 4.70. The summed E-state index contributed by atoms with van der Waals surface area (Å²) < 4.78 is 44.0. The number of hydrogen-bond donors (Lipinski definition) is 0. The van der Waals surface area contributed by atoms with E-state index in [0.717, 1.165) is 17.9 Å². The van der Waals surface area contributed by atoms with Gasteiger partial charge in [-0.1, -0.05) is 38.6 Å². The van der Waals surface area contributed by atoms with Crippen LogP contribution in [0.5, 0.6) is 11.5 Å². The molecule has 1 aromatic heterocycles. The molecule has 0 saturated carbocycles. The van der Waals surface area contributed by atoms with Crippen LogP contribution in [-0.2, 0) is 10.0 Å². The van der Waals surface area contributed by atoms with E-state index < -0.39 is 10.0 Å². The number of thioether (sulfide) groups is 1. The highest BCUT2D eigenvalue weighted by Crippen LogP contribution is 2.26. The maximum Gasteiger partial charge on any atom is 0.276 e. The minimum Gasteiger partial charge on any atom is -0.494 e. The Morgan fingerprint density at radius 1 is 0.939 bits per heavy atom. The monoisotopic (exact) mass is 491 g/mol. The van der Waals surface area contributed by atoms with E-state index in [-0.39, 0.29) is 10.8 Å². The molecule has 0 radical (unpaired) electrons. The number of ether oxygens (including phenoxy) is 2. The van der Waals surface area contributed by atoms with Crippen LogP contribution >= 0.6 is 11.8 Å². The van der Waals surface area contributed by atoms with Crippen molar-refractivity contribution in [3.63, 3.8) is 0 Å². The van der Waals surface area contributed by atoms with Gasteiger partial charge in [-0.15, -0.1) is 10.2 Å². The number of rotatable bonds is 13. The largest absolute Gasteiger partial charge is 0.494 e. The van der Waals surface area contributed by atoms with Gasteiger partial charge in [0, 0.05) is 24.4 Å². The van der Waals surface area contributed by atoms with E-state index in [0.29, 0.717) is 42.8 Å². The molecule has 0 saturated heterocycles. The first-order valence-corrected chi connectivity index (χ1v) is 13.3. The summed E-state index contributed by atoms with van der Waals surface area (Å²) in [4.78, 5) is 0.204. The van der Waals surface area contributed by atoms with Crippen molar-refractivity contribution in [2.75, 3.05) is 32.1 Å². The van der Waals surface area contributed by atoms with Crippen molar-refractivity contribution < 1.29 is 22.3 Å². The van der Waals surface area contributed by atoms with E-state index in [2.05, 4.69) is 17.1 Å². The third kappa shape index (κ3) is 6.72. The normalized spacial score (nSPS) is 11.6. The minimum absolute atomic E-state index is 0.204. The number of nitrogens with zero attached hydrogens (tertiary/aromatic N) is 3. The van der Waals surface area contributed by atoms with E-state index in [1.165, 1.54) is 16.1 Å². The first kappa shape index (κ1) is 25.1. The summed E-state index contributed by atoms with van der Waals surface area (Å²) >= 11 is 1.37. The molecule has 0 atom stereocenters. The van der Waals surface area contributed by atoms with Crippen molar-refractivity contribution in [3.8, 4) is 23.0 Å². The van der Waals surface area contributed by atoms with Crippen LogP contribution in [0.1, 0.15) is 27.2 Å². The zero-order chi connectivity index (χ0) is 23.7. The SMILES string of the molecule is CCCOc1ccc(OCCSc2nnc(-c3cccc(S(=O)(=O)N(CC)CC)c3)o2)cc1. The molecule has 0 amide bonds. The van der Waals surface area contributed by atoms with Crippen molar-refractivity contribution in [1.29, 1.82) is 0 Å². The Hall–Kier alpha value is -2.56. The van der Waals surface area contributed by atoms with Crippen LogP contribution in [0.15, 0.2) is 63.1 Å². The van der Waals surface area contributed by atoms with Gasteiger partial charge in [-0.3, -0.25) is 0 Å². The van der Waals surface area contributed by atoms with Gasteiger partial charge in [0.05, 0.1) is 18.1 Å². The molecule has 0 N–H and O–H groups in total. The standard InChI is InChI=1S/C23H29N3O5S2/c1-4-14-29-19-10-12-20(13-11-19)30-15-16-32-23-25-24-22(31-23)18-8-7-9-21(17-18)33(27,28)26(5-2)6-3/h7-13,17H,4-6,14-16H2,1-3H3. The Balaban J connectivity index is 1.55. The van der Waals surface area contributed by atoms with E-state index in [1.807, 2.05) is 38.1 Å². The highest BCUT2D eigenvalue weighted by Gasteiger charge is 2.22. The molecule has 0 unspecified atom stereocenters. The average molecular weight is 492 g/mol. The molecule has 10 heteroatoms. The molecule has 2 aromatic carbocycles. The zero-order valence-electron chi connectivity index (χ0n) is 19.1. The highest BCUT2D eigenvalue weighted by molar-refractivity contribution is 7.99. The lowest BCUT2D eigenvalue weighted by atomic mass is 10.2. The van der Waals surface area contributed by atoms with Gasteiger partial charge in [0.25, 0.3) is 5.22 Å². The topological polar surface area (TPSA) is 94.8 Å². The predicted molar refractivity (Wildman–Crippen MR) is 128 cm³/mol. The van der Waals surface area contributed by atoms with E-state index >= 15 is 0 Å². The van der Waals surface area contributed by atoms with Gasteiger partial charge < -0.3 is 13.9 Å². The lowest BCUT2D eigenvalue weighted by molar-refractivity contribution is 0.314. The Kier molecular flexibility index (Phi) is 9.16. The van der Waals surface area contributed by atoms with Crippen molar-refractivity contribution >= 4 is 21.8 Å². The number of sulfonamides is 1. The summed E-state index contributed by atoms with van der Waals surface area (Å²) in [5, 5.41) is 8.51. The Labute approximate surface area is 199 Å². The van der Waals surface area contributed by atoms with Crippen LogP contribution in [-0.4, -0.2) is 55.0 Å². The molecule has 1 heterocycles. The van der Waals surface area contributed by atoms with Crippen LogP contribution in [0.4, 0.5) is 0 Å². The van der Waals surface area contributed by atoms with Crippen LogP contribution < -0.4 is 9.47 Å². The highest BCUT2D eigenvalue weighted by atomic mass is 32.2. The summed E-state index contributed by atoms with van der Waals surface area (Å²) in [6.45, 7) is 7.66. The van der Waals surface area contributed by atoms with Gasteiger partial charge in [-0.05, 0) is 48.9 Å². The number of aromatic nitrogens is 2. The Bertz CT molecular complexity index is 1110. The van der Waals surface area contributed by atoms with Gasteiger partial charge >= 0.3 is 0 Å². The molecule has 0 spiro atoms. The van der Waals surface area contributed by atoms with Gasteiger partial charge in [0.2, 0.25) is 15.9 Å². The van der Waals surface area contributed by atoms with Crippen molar-refractivity contribution in [2.45, 2.75) is 37.3 Å². The summed E-state index contributed by atoms with van der Waals surface area (Å²) in [5.41, 5.74) is 0.559. The molecule has 0 aliphatic rings. The van der Waals surface area contributed by atoms with Crippen molar-refractivity contribution in [1.82, 2.24) is 14.5 Å². The van der Waals surface area contributed by atoms with Crippen LogP contribution in [0.2, 0.25) is 0 Å². The second-order valence-corrected chi connectivity index (χ2v) is 9.99. The van der Waals surface area contributed by atoms with Crippen molar-refractivity contribution in [2.24, 2.45) is 0 Å². The molecule has 178 valence electrons. The maximum absolute atomic E-state index is 12.8. The number of benzene rings is 2. The van der Waals surface area contributed by atoms with Gasteiger partial charge in [-0.25, -0.2) is 8.42 Å². The fourth-order valence-corrected chi connectivity index (χ4v) is 5.11. The van der Waals surface area contributed by atoms with E-state index in [9.17, 15) is 8.42 Å². The summed E-state index contributed by atoms with van der Waals surface area (Å²) in [7, 11) is -3.56. The molecule has 3 rings (SSSR count). The summed E-state index contributed by atoms with van der Waals surface area (Å²) in [6, 6.07) is 14.1. The Morgan fingerprint density at radius 2 is 1.61 bits per heavy atom. The molecule has 8 nitrogen and oxygen atoms in total. The second kappa shape index (κ2) is 12.1. The first-order valence-electron chi connectivity index (χ1n) is 10.9. The second-order valence-electron chi connectivity index (χ2n) is 7.01. The molecule has 0 aliphatic carbocycles. The quantitative estimate of drug-likeness (QED) is 0.250. The minimum atomic E-state index is -3.56. The molecular formula is C23H29N3O5S2. The smallest absolute Gasteiger partial charge is 0.276 e. The van der Waals surface area contributed by atoms with Gasteiger partial charge in [-0.2, -0.15) is 4.31 Å². The van der Waals surface area contributed by atoms with Gasteiger partial charge in [0.1, 0.15) is 11.5 Å². The zero-order valence-corrected chi connectivity index (χ0v) is 20.7. The van der Waals surface area contributed by atoms with E-state index in [1.54, 1.807) is 24.3 Å². The average Bonchev–Trinajstić information content (AvgIpc) is 3.31. The maximum atomic E-state index is 12.8. The van der Waals surface area contributed by atoms with Gasteiger partial charge in [0.15, 0.2) is 0 Å². The third-order valence-corrected chi connectivity index (χ3v) is 7.53. The Morgan fingerprint density at radius 3 is 2.24 bits per heavy atom. The fraction of sp³-hybridized carbons (Fsp3) is 0.391. The lowest BCUT2D eigenvalue weighted by Crippen LogP contribution is -2.30. The summed E-state index contributed by atoms with van der Waals surface area (Å²) in [6.07, 6.45) is 0.966. The molecular weight excluding hydrogens is 462 g/mol. The molecule has 3 aromatic rings. The van der Waals surface area contributed by atoms with Crippen LogP contribution in [0.25, 0.3) is 11.5 Å². The molecule has 0 aliphatic heterocycles. The first-order chi connectivity index (χ1) is 16.0. The number of hydrogen-bond acceptors (Lipinski definition) is 8. The van der Waals surface area contributed by atoms with Crippen LogP contribution in [0.3, 0.4) is 0 Å². The van der Waals surface area contributed by atoms with E-state index in [4.69, 9.17) is 13.9 Å². The molecule has 0 fully saturated rings. The molecule has 33 heavy (non-hydrogen) atoms. The predicted octanol–water partition coefficient (Wildman–Crippen LogP) is 4.73. The van der Waals surface area contributed by atoms with Crippen molar-refractivity contribution in [3.05, 3.63) is 48.5 Å². The summed E-state index contributed by atoms with van der Waals surface area (Å²) in [5.74, 6) is 2.48.